The predicted molar refractivity (Wildman–Crippen MR) is 108 cm³/mol. The molecule has 3 nitrogen and oxygen atoms in total. The highest BCUT2D eigenvalue weighted by Gasteiger charge is 2.33. The fourth-order valence-electron chi connectivity index (χ4n) is 3.56. The average molecular weight is 442 g/mol. The number of alkyl halides is 3. The van der Waals surface area contributed by atoms with Crippen LogP contribution in [0.15, 0.2) is 41.3 Å². The molecule has 0 aliphatic carbocycles. The Morgan fingerprint density at radius 1 is 0.968 bits per heavy atom. The summed E-state index contributed by atoms with van der Waals surface area (Å²) in [6.07, 6.45) is 1.65. The van der Waals surface area contributed by atoms with E-state index < -0.39 is 29.3 Å². The summed E-state index contributed by atoms with van der Waals surface area (Å²) in [5.41, 5.74) is -0.801. The zero-order valence-corrected chi connectivity index (χ0v) is 17.0. The van der Waals surface area contributed by atoms with Crippen molar-refractivity contribution in [1.82, 2.24) is 0 Å². The first-order chi connectivity index (χ1) is 14.7. The van der Waals surface area contributed by atoms with Crippen LogP contribution >= 0.6 is 0 Å². The van der Waals surface area contributed by atoms with E-state index in [-0.39, 0.29) is 28.7 Å². The number of fused-ring (bicyclic) bond motifs is 3. The van der Waals surface area contributed by atoms with Gasteiger partial charge in [-0.15, -0.1) is 19.8 Å². The highest BCUT2D eigenvalue weighted by Crippen LogP contribution is 2.39. The molecule has 168 valence electrons. The number of hydrogen-bond acceptors (Lipinski definition) is 3. The molecular weight excluding hydrogens is 419 g/mol. The molecule has 0 bridgehead atoms. The van der Waals surface area contributed by atoms with Crippen molar-refractivity contribution in [2.75, 3.05) is 6.61 Å². The van der Waals surface area contributed by atoms with Crippen LogP contribution in [0.5, 0.6) is 11.5 Å². The molecule has 8 heteroatoms. The summed E-state index contributed by atoms with van der Waals surface area (Å²) in [6, 6.07) is 4.90. The maximum atomic E-state index is 14.8. The molecule has 0 saturated carbocycles. The van der Waals surface area contributed by atoms with E-state index in [0.717, 1.165) is 38.2 Å². The van der Waals surface area contributed by atoms with Crippen molar-refractivity contribution in [2.45, 2.75) is 45.4 Å². The third-order valence-corrected chi connectivity index (χ3v) is 5.06. The number of halogens is 5. The largest absolute Gasteiger partial charge is 0.573 e. The molecular formula is C23H23F5O3. The van der Waals surface area contributed by atoms with Crippen molar-refractivity contribution < 1.29 is 35.8 Å². The Hall–Kier alpha value is -2.77. The third-order valence-electron chi connectivity index (χ3n) is 5.06. The van der Waals surface area contributed by atoms with Crippen LogP contribution in [0, 0.1) is 17.6 Å². The molecule has 0 aliphatic heterocycles. The quantitative estimate of drug-likeness (QED) is 0.182. The van der Waals surface area contributed by atoms with Crippen LogP contribution < -0.4 is 9.47 Å². The predicted octanol–water partition coefficient (Wildman–Crippen LogP) is 7.91. The number of furan rings is 1. The zero-order chi connectivity index (χ0) is 22.6. The number of allylic oxidation sites excluding steroid dienone is 1. The molecule has 0 fully saturated rings. The molecule has 1 atom stereocenters. The lowest BCUT2D eigenvalue weighted by Gasteiger charge is -2.11. The van der Waals surface area contributed by atoms with Gasteiger partial charge in [-0.2, -0.15) is 8.78 Å². The molecule has 3 rings (SSSR count). The Bertz CT molecular complexity index is 1050. The van der Waals surface area contributed by atoms with Crippen molar-refractivity contribution in [3.05, 3.63) is 48.6 Å². The van der Waals surface area contributed by atoms with Crippen LogP contribution in [0.25, 0.3) is 21.9 Å². The highest BCUT2D eigenvalue weighted by molar-refractivity contribution is 6.06. The van der Waals surface area contributed by atoms with E-state index in [2.05, 4.69) is 18.2 Å². The second-order valence-electron chi connectivity index (χ2n) is 7.29. The minimum atomic E-state index is -5.06. The summed E-state index contributed by atoms with van der Waals surface area (Å²) in [6.45, 7) is 6.24. The van der Waals surface area contributed by atoms with E-state index in [1.54, 1.807) is 0 Å². The first-order valence-electron chi connectivity index (χ1n) is 10.1. The molecule has 1 aromatic heterocycles. The van der Waals surface area contributed by atoms with E-state index >= 15 is 0 Å². The number of ether oxygens (including phenoxy) is 2. The fourth-order valence-corrected chi connectivity index (χ4v) is 3.56. The van der Waals surface area contributed by atoms with Crippen molar-refractivity contribution >= 4 is 21.9 Å². The van der Waals surface area contributed by atoms with Gasteiger partial charge in [0.25, 0.3) is 0 Å². The number of hydrogen-bond donors (Lipinski definition) is 0. The molecule has 0 aliphatic rings. The fraction of sp³-hybridized carbons (Fsp3) is 0.391. The maximum absolute atomic E-state index is 14.8. The van der Waals surface area contributed by atoms with Gasteiger partial charge in [-0.05, 0) is 55.9 Å². The Balaban J connectivity index is 1.75. The monoisotopic (exact) mass is 442 g/mol. The minimum absolute atomic E-state index is 0.0624. The molecule has 0 spiro atoms. The van der Waals surface area contributed by atoms with Gasteiger partial charge in [-0.25, -0.2) is 0 Å². The third kappa shape index (κ3) is 5.29. The summed E-state index contributed by atoms with van der Waals surface area (Å²) < 4.78 is 80.9. The van der Waals surface area contributed by atoms with Crippen LogP contribution in [0.3, 0.4) is 0 Å². The number of rotatable bonds is 10. The second kappa shape index (κ2) is 9.58. The Labute approximate surface area is 176 Å². The van der Waals surface area contributed by atoms with Gasteiger partial charge in [0.05, 0.1) is 6.61 Å². The van der Waals surface area contributed by atoms with E-state index in [0.29, 0.717) is 5.92 Å². The van der Waals surface area contributed by atoms with Gasteiger partial charge >= 0.3 is 6.36 Å². The highest BCUT2D eigenvalue weighted by atomic mass is 19.4. The summed E-state index contributed by atoms with van der Waals surface area (Å²) in [5, 5.41) is 0.365. The Kier molecular flexibility index (Phi) is 7.08. The molecule has 0 amide bonds. The smallest absolute Gasteiger partial charge is 0.490 e. The molecule has 2 aromatic carbocycles. The van der Waals surface area contributed by atoms with Gasteiger partial charge in [-0.1, -0.05) is 19.4 Å². The van der Waals surface area contributed by atoms with Crippen molar-refractivity contribution in [3.63, 3.8) is 0 Å². The van der Waals surface area contributed by atoms with Gasteiger partial charge in [0, 0.05) is 10.8 Å². The van der Waals surface area contributed by atoms with Gasteiger partial charge in [-0.3, -0.25) is 0 Å². The van der Waals surface area contributed by atoms with Crippen LogP contribution in [0.4, 0.5) is 22.0 Å². The van der Waals surface area contributed by atoms with E-state index in [1.807, 2.05) is 6.08 Å². The molecule has 1 heterocycles. The lowest BCUT2D eigenvalue weighted by molar-refractivity contribution is -0.275. The van der Waals surface area contributed by atoms with Gasteiger partial charge in [0.1, 0.15) is 0 Å². The van der Waals surface area contributed by atoms with Crippen LogP contribution in [0.2, 0.25) is 0 Å². The molecule has 0 saturated heterocycles. The number of unbranched alkanes of at least 4 members (excludes halogenated alkanes) is 1. The lowest BCUT2D eigenvalue weighted by Crippen LogP contribution is -2.17. The maximum Gasteiger partial charge on any atom is 0.573 e. The Morgan fingerprint density at radius 2 is 1.58 bits per heavy atom. The minimum Gasteiger partial charge on any atom is -0.490 e. The second-order valence-corrected chi connectivity index (χ2v) is 7.29. The first-order valence-corrected chi connectivity index (χ1v) is 10.1. The average Bonchev–Trinajstić information content (AvgIpc) is 3.10. The molecule has 31 heavy (non-hydrogen) atoms. The Morgan fingerprint density at radius 3 is 2.16 bits per heavy atom. The lowest BCUT2D eigenvalue weighted by atomic mass is 9.97. The van der Waals surface area contributed by atoms with Gasteiger partial charge < -0.3 is 13.9 Å². The SMILES string of the molecule is C=CC(CCC)CCCCOc1ccc2c(oc3c(F)c(OC(F)(F)F)ccc32)c1F. The summed E-state index contributed by atoms with van der Waals surface area (Å²) in [7, 11) is 0. The molecule has 1 unspecified atom stereocenters. The topological polar surface area (TPSA) is 31.6 Å². The summed E-state index contributed by atoms with van der Waals surface area (Å²) in [5.74, 6) is -2.84. The van der Waals surface area contributed by atoms with Gasteiger partial charge in [0.2, 0.25) is 11.6 Å². The van der Waals surface area contributed by atoms with Crippen LogP contribution in [-0.4, -0.2) is 13.0 Å². The molecule has 0 radical (unpaired) electrons. The normalized spacial score (nSPS) is 13.0. The van der Waals surface area contributed by atoms with E-state index in [9.17, 15) is 22.0 Å². The summed E-state index contributed by atoms with van der Waals surface area (Å²) >= 11 is 0. The molecule has 0 N–H and O–H groups in total. The van der Waals surface area contributed by atoms with Crippen molar-refractivity contribution in [1.29, 1.82) is 0 Å². The van der Waals surface area contributed by atoms with E-state index in [4.69, 9.17) is 9.15 Å². The zero-order valence-electron chi connectivity index (χ0n) is 17.0. The molecule has 3 aromatic rings. The standard InChI is InChI=1S/C23H23F5O3/c1-3-7-14(4-2)8-5-6-13-29-17-11-9-15-16-10-12-18(31-23(26,27)28)20(25)22(16)30-21(15)19(17)24/h4,9-12,14H,2-3,5-8,13H2,1H3. The summed E-state index contributed by atoms with van der Waals surface area (Å²) in [4.78, 5) is 0. The number of benzene rings is 2. The van der Waals surface area contributed by atoms with Gasteiger partial charge in [0.15, 0.2) is 22.7 Å². The van der Waals surface area contributed by atoms with E-state index in [1.165, 1.54) is 18.2 Å². The van der Waals surface area contributed by atoms with Crippen molar-refractivity contribution in [2.24, 2.45) is 5.92 Å². The van der Waals surface area contributed by atoms with Crippen molar-refractivity contribution in [3.8, 4) is 11.5 Å². The first kappa shape index (κ1) is 22.9. The van der Waals surface area contributed by atoms with Crippen LogP contribution in [-0.2, 0) is 0 Å². The van der Waals surface area contributed by atoms with Crippen LogP contribution in [0.1, 0.15) is 39.0 Å².